The van der Waals surface area contributed by atoms with Crippen molar-refractivity contribution in [2.45, 2.75) is 45.8 Å². The summed E-state index contributed by atoms with van der Waals surface area (Å²) in [5, 5.41) is 2.52. The highest BCUT2D eigenvalue weighted by atomic mass is 16.5. The van der Waals surface area contributed by atoms with Crippen molar-refractivity contribution in [1.29, 1.82) is 0 Å². The maximum absolute atomic E-state index is 12.0. The van der Waals surface area contributed by atoms with Crippen LogP contribution in [0.4, 0.5) is 4.79 Å². The Hall–Kier alpha value is -1.92. The van der Waals surface area contributed by atoms with Crippen LogP contribution in [0.3, 0.4) is 0 Å². The lowest BCUT2D eigenvalue weighted by Crippen LogP contribution is -2.43. The zero-order valence-electron chi connectivity index (χ0n) is 11.5. The third-order valence-electron chi connectivity index (χ3n) is 3.22. The van der Waals surface area contributed by atoms with Gasteiger partial charge in [0.25, 0.3) is 5.91 Å². The van der Waals surface area contributed by atoms with Crippen LogP contribution in [0.1, 0.15) is 34.1 Å². The maximum Gasteiger partial charge on any atom is 0.326 e. The van der Waals surface area contributed by atoms with Gasteiger partial charge in [0.2, 0.25) is 0 Å². The lowest BCUT2D eigenvalue weighted by Gasteiger charge is -2.19. The Morgan fingerprint density at radius 2 is 2.00 bits per heavy atom. The number of urea groups is 1. The first-order valence-corrected chi connectivity index (χ1v) is 6.05. The molecule has 2 atom stereocenters. The minimum absolute atomic E-state index is 0.302. The summed E-state index contributed by atoms with van der Waals surface area (Å²) < 4.78 is 4.81. The molecule has 1 rings (SSSR count). The Balaban J connectivity index is 2.68. The predicted molar refractivity (Wildman–Crippen MR) is 65.2 cm³/mol. The van der Waals surface area contributed by atoms with Crippen molar-refractivity contribution >= 4 is 23.7 Å². The molecule has 0 aliphatic carbocycles. The summed E-state index contributed by atoms with van der Waals surface area (Å²) in [7, 11) is 0. The molecule has 2 unspecified atom stereocenters. The molecule has 0 aromatic heterocycles. The Labute approximate surface area is 111 Å². The number of hydrogen-bond acceptors (Lipinski definition) is 5. The normalized spacial score (nSPS) is 24.1. The van der Waals surface area contributed by atoms with Crippen LogP contribution in [0, 0.1) is 0 Å². The van der Waals surface area contributed by atoms with Crippen molar-refractivity contribution in [3.05, 3.63) is 0 Å². The number of hydrogen-bond donors (Lipinski definition) is 1. The number of carbonyl (C=O) groups excluding carboxylic acids is 4. The lowest BCUT2D eigenvalue weighted by atomic mass is 9.99. The average molecular weight is 270 g/mol. The Morgan fingerprint density at radius 3 is 2.42 bits per heavy atom. The number of nitrogens with one attached hydrogen (secondary N) is 1. The van der Waals surface area contributed by atoms with Crippen LogP contribution in [0.2, 0.25) is 0 Å². The van der Waals surface area contributed by atoms with Gasteiger partial charge in [-0.3, -0.25) is 19.3 Å². The summed E-state index contributed by atoms with van der Waals surface area (Å²) in [5.74, 6) is -1.55. The van der Waals surface area contributed by atoms with Crippen molar-refractivity contribution in [2.24, 2.45) is 0 Å². The highest BCUT2D eigenvalue weighted by molar-refractivity contribution is 6.08. The van der Waals surface area contributed by atoms with E-state index in [4.69, 9.17) is 4.74 Å². The van der Waals surface area contributed by atoms with Gasteiger partial charge in [0.05, 0.1) is 0 Å². The van der Waals surface area contributed by atoms with Crippen molar-refractivity contribution in [3.8, 4) is 0 Å². The number of carbonyl (C=O) groups is 4. The van der Waals surface area contributed by atoms with E-state index in [0.717, 1.165) is 4.90 Å². The number of Topliss-reactive ketones (excluding diaryl/α,β-unsaturated/α-hetero) is 1. The Bertz CT molecular complexity index is 434. The molecule has 1 saturated heterocycles. The van der Waals surface area contributed by atoms with Gasteiger partial charge in [-0.1, -0.05) is 6.92 Å². The zero-order valence-corrected chi connectivity index (χ0v) is 11.5. The smallest absolute Gasteiger partial charge is 0.326 e. The van der Waals surface area contributed by atoms with Crippen molar-refractivity contribution in [1.82, 2.24) is 10.2 Å². The molecule has 0 radical (unpaired) electrons. The Morgan fingerprint density at radius 1 is 1.42 bits per heavy atom. The topological polar surface area (TPSA) is 92.8 Å². The van der Waals surface area contributed by atoms with E-state index in [1.165, 1.54) is 13.8 Å². The zero-order chi connectivity index (χ0) is 14.8. The molecule has 0 saturated carbocycles. The highest BCUT2D eigenvalue weighted by Gasteiger charge is 2.47. The molecule has 0 spiro atoms. The molecular weight excluding hydrogens is 252 g/mol. The molecule has 0 bridgehead atoms. The number of esters is 1. The first kappa shape index (κ1) is 15.1. The van der Waals surface area contributed by atoms with Gasteiger partial charge in [-0.2, -0.15) is 0 Å². The molecule has 19 heavy (non-hydrogen) atoms. The van der Waals surface area contributed by atoms with E-state index in [0.29, 0.717) is 6.42 Å². The first-order chi connectivity index (χ1) is 8.71. The van der Waals surface area contributed by atoms with E-state index in [1.54, 1.807) is 13.8 Å². The van der Waals surface area contributed by atoms with Crippen LogP contribution in [-0.4, -0.2) is 46.8 Å². The summed E-state index contributed by atoms with van der Waals surface area (Å²) in [5.41, 5.74) is -0.983. The van der Waals surface area contributed by atoms with Gasteiger partial charge in [-0.15, -0.1) is 0 Å². The minimum atomic E-state index is -0.983. The molecule has 1 N–H and O–H groups in total. The van der Waals surface area contributed by atoms with E-state index in [2.05, 4.69) is 5.32 Å². The van der Waals surface area contributed by atoms with Gasteiger partial charge in [-0.25, -0.2) is 4.79 Å². The van der Waals surface area contributed by atoms with Crippen LogP contribution < -0.4 is 5.32 Å². The fraction of sp³-hybridized carbons (Fsp3) is 0.667. The SMILES string of the molecule is CCC1(C)NC(=O)N(CC(=O)OC(C)C(C)=O)C1=O. The molecule has 1 fully saturated rings. The maximum atomic E-state index is 12.0. The molecule has 7 heteroatoms. The first-order valence-electron chi connectivity index (χ1n) is 6.05. The summed E-state index contributed by atoms with van der Waals surface area (Å²) in [6, 6.07) is -0.623. The van der Waals surface area contributed by atoms with Crippen LogP contribution in [0.15, 0.2) is 0 Å². The van der Waals surface area contributed by atoms with E-state index in [9.17, 15) is 19.2 Å². The number of ketones is 1. The van der Waals surface area contributed by atoms with Crippen molar-refractivity contribution in [2.75, 3.05) is 6.54 Å². The van der Waals surface area contributed by atoms with Gasteiger partial charge in [0, 0.05) is 0 Å². The Kier molecular flexibility index (Phi) is 4.28. The van der Waals surface area contributed by atoms with Crippen molar-refractivity contribution < 1.29 is 23.9 Å². The second-order valence-corrected chi connectivity index (χ2v) is 4.75. The predicted octanol–water partition coefficient (Wildman–Crippen LogP) is 0.228. The molecule has 3 amide bonds. The third kappa shape index (κ3) is 3.10. The van der Waals surface area contributed by atoms with E-state index in [-0.39, 0.29) is 5.78 Å². The number of nitrogens with zero attached hydrogens (tertiary/aromatic N) is 1. The summed E-state index contributed by atoms with van der Waals surface area (Å²) >= 11 is 0. The molecule has 0 aromatic carbocycles. The minimum Gasteiger partial charge on any atom is -0.453 e. The summed E-state index contributed by atoms with van der Waals surface area (Å²) in [6.07, 6.45) is -0.460. The van der Waals surface area contributed by atoms with Crippen LogP contribution in [0.25, 0.3) is 0 Å². The second kappa shape index (κ2) is 5.38. The molecule has 106 valence electrons. The average Bonchev–Trinajstić information content (AvgIpc) is 2.53. The van der Waals surface area contributed by atoms with Gasteiger partial charge in [-0.05, 0) is 27.2 Å². The van der Waals surface area contributed by atoms with E-state index < -0.39 is 36.1 Å². The quantitative estimate of drug-likeness (QED) is 0.570. The van der Waals surface area contributed by atoms with Crippen LogP contribution in [-0.2, 0) is 19.1 Å². The number of rotatable bonds is 5. The van der Waals surface area contributed by atoms with Crippen LogP contribution >= 0.6 is 0 Å². The summed E-state index contributed by atoms with van der Waals surface area (Å²) in [6.45, 7) is 5.59. The molecule has 0 aromatic rings. The standard InChI is InChI=1S/C12H18N2O5/c1-5-12(4)10(17)14(11(18)13-12)6-9(16)19-8(3)7(2)15/h8H,5-6H2,1-4H3,(H,13,18). The van der Waals surface area contributed by atoms with Crippen molar-refractivity contribution in [3.63, 3.8) is 0 Å². The molecule has 1 aliphatic rings. The van der Waals surface area contributed by atoms with E-state index >= 15 is 0 Å². The van der Waals surface area contributed by atoms with E-state index in [1.807, 2.05) is 0 Å². The largest absolute Gasteiger partial charge is 0.453 e. The molecular formula is C12H18N2O5. The van der Waals surface area contributed by atoms with Gasteiger partial charge < -0.3 is 10.1 Å². The number of imide groups is 1. The summed E-state index contributed by atoms with van der Waals surface area (Å²) in [4.78, 5) is 46.9. The van der Waals surface area contributed by atoms with Gasteiger partial charge >= 0.3 is 12.0 Å². The number of ether oxygens (including phenoxy) is 1. The van der Waals surface area contributed by atoms with Gasteiger partial charge in [0.15, 0.2) is 11.9 Å². The molecule has 1 heterocycles. The highest BCUT2D eigenvalue weighted by Crippen LogP contribution is 2.20. The fourth-order valence-corrected chi connectivity index (χ4v) is 1.58. The molecule has 1 aliphatic heterocycles. The molecule has 7 nitrogen and oxygen atoms in total. The third-order valence-corrected chi connectivity index (χ3v) is 3.22. The fourth-order valence-electron chi connectivity index (χ4n) is 1.58. The van der Waals surface area contributed by atoms with Gasteiger partial charge in [0.1, 0.15) is 12.1 Å². The number of amides is 3. The van der Waals surface area contributed by atoms with Crippen LogP contribution in [0.5, 0.6) is 0 Å². The second-order valence-electron chi connectivity index (χ2n) is 4.75. The monoisotopic (exact) mass is 270 g/mol. The lowest BCUT2D eigenvalue weighted by molar-refractivity contribution is -0.155.